The van der Waals surface area contributed by atoms with Crippen LogP contribution >= 0.6 is 23.1 Å². The predicted molar refractivity (Wildman–Crippen MR) is 183 cm³/mol. The van der Waals surface area contributed by atoms with Gasteiger partial charge in [-0.05, 0) is 51.1 Å². The van der Waals surface area contributed by atoms with Crippen LogP contribution in [0, 0.1) is 0 Å². The Balaban J connectivity index is 1.40. The van der Waals surface area contributed by atoms with Crippen molar-refractivity contribution in [2.75, 3.05) is 19.1 Å². The van der Waals surface area contributed by atoms with Crippen LogP contribution in [-0.2, 0) is 20.8 Å². The maximum Gasteiger partial charge on any atom is 0.301 e. The molecule has 0 spiro atoms. The fourth-order valence-corrected chi connectivity index (χ4v) is 7.44. The van der Waals surface area contributed by atoms with Crippen molar-refractivity contribution >= 4 is 56.5 Å². The van der Waals surface area contributed by atoms with E-state index in [0.717, 1.165) is 16.5 Å². The molecule has 1 saturated heterocycles. The highest BCUT2D eigenvalue weighted by Crippen LogP contribution is 2.45. The number of aromatic nitrogens is 2. The van der Waals surface area contributed by atoms with Crippen molar-refractivity contribution in [3.63, 3.8) is 0 Å². The Hall–Kier alpha value is -4.67. The van der Waals surface area contributed by atoms with Gasteiger partial charge in [-0.2, -0.15) is 0 Å². The quantitative estimate of drug-likeness (QED) is 0.0594. The first-order valence-electron chi connectivity index (χ1n) is 14.7. The number of aliphatic hydroxyl groups excluding tert-OH is 1. The van der Waals surface area contributed by atoms with Gasteiger partial charge < -0.3 is 14.6 Å². The Morgan fingerprint density at radius 1 is 0.913 bits per heavy atom. The van der Waals surface area contributed by atoms with Crippen LogP contribution < -0.4 is 14.4 Å². The number of thioether (sulfide) groups is 1. The summed E-state index contributed by atoms with van der Waals surface area (Å²) in [4.78, 5) is 28.8. The summed E-state index contributed by atoms with van der Waals surface area (Å²) in [7, 11) is 3.00. The normalized spacial score (nSPS) is 16.3. The maximum absolute atomic E-state index is 13.7. The number of benzene rings is 4. The monoisotopic (exact) mass is 651 g/mol. The highest BCUT2D eigenvalue weighted by atomic mass is 32.2. The van der Waals surface area contributed by atoms with Crippen LogP contribution in [0.3, 0.4) is 0 Å². The highest BCUT2D eigenvalue weighted by Gasteiger charge is 2.48. The third-order valence-electron chi connectivity index (χ3n) is 8.03. The second-order valence-electron chi connectivity index (χ2n) is 11.9. The fourth-order valence-electron chi connectivity index (χ4n) is 5.57. The first-order chi connectivity index (χ1) is 22.1. The van der Waals surface area contributed by atoms with Crippen LogP contribution in [0.25, 0.3) is 16.5 Å². The van der Waals surface area contributed by atoms with Crippen molar-refractivity contribution < 1.29 is 24.2 Å². The minimum Gasteiger partial charge on any atom is -0.507 e. The number of hydrogen-bond acceptors (Lipinski definition) is 9. The standard InChI is InChI=1S/C36H33N3O5S2/c1-36(2,3)25-16-13-22(14-17-25)30-29(31(40)23-15-18-27(43-4)28(19-23)44-5)32(41)33(42)39(30)34-37-38-35(46-34)45-20-24-11-8-10-21-9-6-7-12-26(21)24/h6-19,30,40H,20H2,1-5H3. The van der Waals surface area contributed by atoms with Crippen LogP contribution in [0.2, 0.25) is 0 Å². The molecule has 0 aliphatic carbocycles. The van der Waals surface area contributed by atoms with Gasteiger partial charge in [0.1, 0.15) is 5.76 Å². The lowest BCUT2D eigenvalue weighted by atomic mass is 9.85. The molecule has 10 heteroatoms. The van der Waals surface area contributed by atoms with Gasteiger partial charge in [0.15, 0.2) is 15.8 Å². The Bertz CT molecular complexity index is 1970. The molecule has 1 N–H and O–H groups in total. The van der Waals surface area contributed by atoms with E-state index in [1.54, 1.807) is 18.2 Å². The van der Waals surface area contributed by atoms with Gasteiger partial charge in [-0.15, -0.1) is 10.2 Å². The first kappa shape index (κ1) is 31.3. The average Bonchev–Trinajstić information content (AvgIpc) is 3.64. The fraction of sp³-hybridized carbons (Fsp3) is 0.222. The molecule has 1 aromatic heterocycles. The number of nitrogens with zero attached hydrogens (tertiary/aromatic N) is 3. The van der Waals surface area contributed by atoms with E-state index in [1.807, 2.05) is 42.5 Å². The van der Waals surface area contributed by atoms with Crippen LogP contribution in [0.4, 0.5) is 5.13 Å². The molecule has 5 aromatic rings. The van der Waals surface area contributed by atoms with Crippen molar-refractivity contribution in [1.82, 2.24) is 10.2 Å². The topological polar surface area (TPSA) is 102 Å². The Morgan fingerprint density at radius 3 is 2.35 bits per heavy atom. The summed E-state index contributed by atoms with van der Waals surface area (Å²) in [5, 5.41) is 23.0. The lowest BCUT2D eigenvalue weighted by Gasteiger charge is -2.24. The summed E-state index contributed by atoms with van der Waals surface area (Å²) in [6.45, 7) is 6.34. The van der Waals surface area contributed by atoms with Gasteiger partial charge in [-0.1, -0.05) is 111 Å². The summed E-state index contributed by atoms with van der Waals surface area (Å²) in [5.41, 5.74) is 3.09. The molecular formula is C36H33N3O5S2. The number of ketones is 1. The van der Waals surface area contributed by atoms with Crippen LogP contribution in [0.15, 0.2) is 94.8 Å². The van der Waals surface area contributed by atoms with Gasteiger partial charge in [0.2, 0.25) is 5.13 Å². The molecule has 1 aliphatic rings. The molecule has 234 valence electrons. The number of carbonyl (C=O) groups is 2. The average molecular weight is 652 g/mol. The van der Waals surface area contributed by atoms with E-state index in [-0.39, 0.29) is 21.9 Å². The number of carbonyl (C=O) groups excluding carboxylic acids is 2. The molecule has 1 aliphatic heterocycles. The van der Waals surface area contributed by atoms with E-state index in [0.29, 0.717) is 32.7 Å². The molecular weight excluding hydrogens is 619 g/mol. The van der Waals surface area contributed by atoms with Gasteiger partial charge in [-0.3, -0.25) is 14.5 Å². The molecule has 6 rings (SSSR count). The van der Waals surface area contributed by atoms with Crippen molar-refractivity contribution in [2.45, 2.75) is 42.3 Å². The van der Waals surface area contributed by atoms with E-state index in [2.05, 4.69) is 55.2 Å². The van der Waals surface area contributed by atoms with E-state index in [1.165, 1.54) is 47.6 Å². The number of Topliss-reactive ketones (excluding diaryl/α,β-unsaturated/α-hetero) is 1. The summed E-state index contributed by atoms with van der Waals surface area (Å²) in [6, 6.07) is 26.1. The van der Waals surface area contributed by atoms with Crippen LogP contribution in [0.5, 0.6) is 11.5 Å². The molecule has 0 radical (unpaired) electrons. The Labute approximate surface area is 275 Å². The lowest BCUT2D eigenvalue weighted by Crippen LogP contribution is -2.29. The van der Waals surface area contributed by atoms with Crippen molar-refractivity contribution in [1.29, 1.82) is 0 Å². The summed E-state index contributed by atoms with van der Waals surface area (Å²) < 4.78 is 11.4. The largest absolute Gasteiger partial charge is 0.507 e. The number of aliphatic hydroxyl groups is 1. The van der Waals surface area contributed by atoms with Gasteiger partial charge in [0.05, 0.1) is 25.8 Å². The molecule has 4 aromatic carbocycles. The van der Waals surface area contributed by atoms with Crippen molar-refractivity contribution in [3.8, 4) is 11.5 Å². The third kappa shape index (κ3) is 5.86. The maximum atomic E-state index is 13.7. The number of anilines is 1. The molecule has 46 heavy (non-hydrogen) atoms. The zero-order valence-corrected chi connectivity index (χ0v) is 27.7. The lowest BCUT2D eigenvalue weighted by molar-refractivity contribution is -0.132. The van der Waals surface area contributed by atoms with Crippen molar-refractivity contribution in [2.24, 2.45) is 0 Å². The third-order valence-corrected chi connectivity index (χ3v) is 10.1. The molecule has 1 amide bonds. The van der Waals surface area contributed by atoms with Gasteiger partial charge in [0.25, 0.3) is 5.78 Å². The zero-order valence-electron chi connectivity index (χ0n) is 26.1. The molecule has 1 atom stereocenters. The summed E-state index contributed by atoms with van der Waals surface area (Å²) in [6.07, 6.45) is 0. The summed E-state index contributed by atoms with van der Waals surface area (Å²) in [5.74, 6) is -0.404. The van der Waals surface area contributed by atoms with E-state index in [4.69, 9.17) is 9.47 Å². The molecule has 0 bridgehead atoms. The van der Waals surface area contributed by atoms with E-state index >= 15 is 0 Å². The minimum atomic E-state index is -0.925. The smallest absolute Gasteiger partial charge is 0.301 e. The molecule has 8 nitrogen and oxygen atoms in total. The Morgan fingerprint density at radius 2 is 1.63 bits per heavy atom. The zero-order chi connectivity index (χ0) is 32.6. The molecule has 1 fully saturated rings. The SMILES string of the molecule is COc1ccc(C(O)=C2C(=O)C(=O)N(c3nnc(SCc4cccc5ccccc45)s3)C2c2ccc(C(C)(C)C)cc2)cc1OC. The second-order valence-corrected chi connectivity index (χ2v) is 14.1. The Kier molecular flexibility index (Phi) is 8.59. The minimum absolute atomic E-state index is 0.0408. The van der Waals surface area contributed by atoms with Gasteiger partial charge in [-0.25, -0.2) is 0 Å². The highest BCUT2D eigenvalue weighted by molar-refractivity contribution is 8.00. The van der Waals surface area contributed by atoms with Gasteiger partial charge in [0, 0.05) is 11.3 Å². The number of amides is 1. The number of rotatable bonds is 8. The number of hydrogen-bond donors (Lipinski definition) is 1. The molecule has 2 heterocycles. The number of ether oxygens (including phenoxy) is 2. The number of fused-ring (bicyclic) bond motifs is 1. The summed E-state index contributed by atoms with van der Waals surface area (Å²) >= 11 is 2.76. The van der Waals surface area contributed by atoms with Gasteiger partial charge >= 0.3 is 5.91 Å². The van der Waals surface area contributed by atoms with Crippen LogP contribution in [-0.4, -0.2) is 41.2 Å². The van der Waals surface area contributed by atoms with E-state index < -0.39 is 17.7 Å². The molecule has 0 saturated carbocycles. The molecule has 1 unspecified atom stereocenters. The van der Waals surface area contributed by atoms with Crippen molar-refractivity contribution in [3.05, 3.63) is 113 Å². The van der Waals surface area contributed by atoms with Crippen LogP contribution in [0.1, 0.15) is 49.1 Å². The second kappa shape index (κ2) is 12.6. The van der Waals surface area contributed by atoms with E-state index in [9.17, 15) is 14.7 Å². The number of methoxy groups -OCH3 is 2. The predicted octanol–water partition coefficient (Wildman–Crippen LogP) is 7.92. The first-order valence-corrected chi connectivity index (χ1v) is 16.5.